The van der Waals surface area contributed by atoms with Gasteiger partial charge in [0.2, 0.25) is 0 Å². The molecular formula is C17H15F2IO2. The Morgan fingerprint density at radius 2 is 1.41 bits per heavy atom. The van der Waals surface area contributed by atoms with Crippen molar-refractivity contribution in [3.8, 4) is 0 Å². The molecule has 0 unspecified atom stereocenters. The van der Waals surface area contributed by atoms with Gasteiger partial charge < -0.3 is 4.74 Å². The molecule has 0 aromatic heterocycles. The maximum atomic E-state index is 14.2. The zero-order valence-electron chi connectivity index (χ0n) is 11.9. The van der Waals surface area contributed by atoms with Gasteiger partial charge in [0.15, 0.2) is 0 Å². The Balaban J connectivity index is 2.50. The molecular weight excluding hydrogens is 401 g/mol. The van der Waals surface area contributed by atoms with Crippen LogP contribution in [0.1, 0.15) is 17.5 Å². The number of alkyl halides is 3. The van der Waals surface area contributed by atoms with E-state index in [2.05, 4.69) is 4.74 Å². The fourth-order valence-electron chi connectivity index (χ4n) is 2.30. The number of benzene rings is 2. The number of ether oxygens (including phenoxy) is 1. The lowest BCUT2D eigenvalue weighted by molar-refractivity contribution is -0.170. The molecule has 0 spiro atoms. The van der Waals surface area contributed by atoms with Gasteiger partial charge in [0.25, 0.3) is 0 Å². The van der Waals surface area contributed by atoms with Gasteiger partial charge in [-0.15, -0.1) is 0 Å². The molecule has 0 fully saturated rings. The Kier molecular flexibility index (Phi) is 5.16. The van der Waals surface area contributed by atoms with E-state index in [0.29, 0.717) is 11.1 Å². The first-order chi connectivity index (χ1) is 10.4. The van der Waals surface area contributed by atoms with Gasteiger partial charge in [0.05, 0.1) is 10.5 Å². The van der Waals surface area contributed by atoms with Gasteiger partial charge in [0.1, 0.15) is 0 Å². The molecule has 0 aliphatic carbocycles. The third-order valence-corrected chi connectivity index (χ3v) is 5.04. The summed E-state index contributed by atoms with van der Waals surface area (Å²) in [5, 5.41) is 0. The van der Waals surface area contributed by atoms with Crippen molar-refractivity contribution in [3.63, 3.8) is 0 Å². The second-order valence-corrected chi connectivity index (χ2v) is 6.75. The number of rotatable bonds is 5. The Morgan fingerprint density at radius 3 is 1.77 bits per heavy atom. The molecule has 0 saturated heterocycles. The Labute approximate surface area is 141 Å². The van der Waals surface area contributed by atoms with Crippen molar-refractivity contribution in [3.05, 3.63) is 71.8 Å². The van der Waals surface area contributed by atoms with E-state index in [1.807, 2.05) is 34.7 Å². The van der Waals surface area contributed by atoms with Crippen LogP contribution >= 0.6 is 22.6 Å². The molecule has 22 heavy (non-hydrogen) atoms. The summed E-state index contributed by atoms with van der Waals surface area (Å²) < 4.78 is 31.6. The van der Waals surface area contributed by atoms with E-state index in [9.17, 15) is 13.6 Å². The summed E-state index contributed by atoms with van der Waals surface area (Å²) in [6, 6.07) is 18.0. The van der Waals surface area contributed by atoms with E-state index < -0.39 is 21.7 Å². The van der Waals surface area contributed by atoms with E-state index in [-0.39, 0.29) is 0 Å². The normalized spacial score (nSPS) is 12.0. The predicted molar refractivity (Wildman–Crippen MR) is 89.3 cm³/mol. The van der Waals surface area contributed by atoms with Gasteiger partial charge in [-0.1, -0.05) is 83.3 Å². The number of hydrogen-bond acceptors (Lipinski definition) is 2. The first kappa shape index (κ1) is 16.9. The summed E-state index contributed by atoms with van der Waals surface area (Å²) in [7, 11) is 0.968. The number of esters is 1. The van der Waals surface area contributed by atoms with Gasteiger partial charge >= 0.3 is 11.9 Å². The molecule has 0 atom stereocenters. The van der Waals surface area contributed by atoms with E-state index in [1.54, 1.807) is 48.5 Å². The molecule has 0 aliphatic rings. The van der Waals surface area contributed by atoms with Crippen LogP contribution < -0.4 is 0 Å². The van der Waals surface area contributed by atoms with Crippen molar-refractivity contribution in [2.75, 3.05) is 7.11 Å². The van der Waals surface area contributed by atoms with Gasteiger partial charge in [-0.2, -0.15) is 8.78 Å². The molecule has 0 heterocycles. The van der Waals surface area contributed by atoms with Crippen LogP contribution in [0.25, 0.3) is 0 Å². The highest BCUT2D eigenvalue weighted by Crippen LogP contribution is 2.46. The standard InChI is InChI=1S/C17H15F2IO2/c1-22-15(21)17(18,19)12-16(20,13-8-4-2-5-9-13)14-10-6-3-7-11-14/h2-11H,12H2,1H3. The van der Waals surface area contributed by atoms with E-state index in [0.717, 1.165) is 7.11 Å². The largest absolute Gasteiger partial charge is 0.465 e. The first-order valence-corrected chi connectivity index (χ1v) is 7.74. The molecule has 2 rings (SSSR count). The van der Waals surface area contributed by atoms with Gasteiger partial charge in [-0.25, -0.2) is 4.79 Å². The minimum atomic E-state index is -3.57. The second-order valence-electron chi connectivity index (χ2n) is 4.91. The van der Waals surface area contributed by atoms with Crippen LogP contribution in [0.3, 0.4) is 0 Å². The highest BCUT2D eigenvalue weighted by molar-refractivity contribution is 14.1. The molecule has 116 valence electrons. The van der Waals surface area contributed by atoms with Crippen LogP contribution in [0, 0.1) is 0 Å². The smallest absolute Gasteiger partial charge is 0.376 e. The van der Waals surface area contributed by atoms with E-state index in [4.69, 9.17) is 0 Å². The van der Waals surface area contributed by atoms with Crippen molar-refractivity contribution in [2.24, 2.45) is 0 Å². The second kappa shape index (κ2) is 6.73. The van der Waals surface area contributed by atoms with Crippen LogP contribution in [0.15, 0.2) is 60.7 Å². The predicted octanol–water partition coefficient (Wildman–Crippen LogP) is 4.56. The Morgan fingerprint density at radius 1 is 1.00 bits per heavy atom. The zero-order chi connectivity index (χ0) is 16.2. The molecule has 5 heteroatoms. The Bertz CT molecular complexity index is 590. The van der Waals surface area contributed by atoms with E-state index in [1.165, 1.54) is 0 Å². The molecule has 0 amide bonds. The zero-order valence-corrected chi connectivity index (χ0v) is 14.1. The average Bonchev–Trinajstić information content (AvgIpc) is 2.55. The monoisotopic (exact) mass is 416 g/mol. The third kappa shape index (κ3) is 3.45. The lowest BCUT2D eigenvalue weighted by atomic mass is 9.86. The van der Waals surface area contributed by atoms with Crippen LogP contribution in [-0.4, -0.2) is 19.0 Å². The molecule has 0 saturated carbocycles. The van der Waals surface area contributed by atoms with Crippen molar-refractivity contribution >= 4 is 28.6 Å². The molecule has 0 N–H and O–H groups in total. The van der Waals surface area contributed by atoms with Crippen molar-refractivity contribution < 1.29 is 18.3 Å². The maximum Gasteiger partial charge on any atom is 0.376 e. The van der Waals surface area contributed by atoms with Crippen LogP contribution in [-0.2, 0) is 13.0 Å². The van der Waals surface area contributed by atoms with E-state index >= 15 is 0 Å². The number of carbonyl (C=O) groups excluding carboxylic acids is 1. The van der Waals surface area contributed by atoms with Crippen LogP contribution in [0.2, 0.25) is 0 Å². The summed E-state index contributed by atoms with van der Waals surface area (Å²) >= 11 is 1.99. The summed E-state index contributed by atoms with van der Waals surface area (Å²) in [6.45, 7) is 0. The molecule has 2 nitrogen and oxygen atoms in total. The summed E-state index contributed by atoms with van der Waals surface area (Å²) in [6.07, 6.45) is -0.665. The summed E-state index contributed by atoms with van der Waals surface area (Å²) in [5.74, 6) is -5.08. The van der Waals surface area contributed by atoms with Gasteiger partial charge in [-0.3, -0.25) is 0 Å². The molecule has 0 bridgehead atoms. The molecule has 2 aromatic carbocycles. The third-order valence-electron chi connectivity index (χ3n) is 3.41. The van der Waals surface area contributed by atoms with Gasteiger partial charge in [0, 0.05) is 6.42 Å². The quantitative estimate of drug-likeness (QED) is 0.406. The van der Waals surface area contributed by atoms with Crippen molar-refractivity contribution in [1.82, 2.24) is 0 Å². The first-order valence-electron chi connectivity index (χ1n) is 6.66. The van der Waals surface area contributed by atoms with Crippen molar-refractivity contribution in [2.45, 2.75) is 15.8 Å². The highest BCUT2D eigenvalue weighted by Gasteiger charge is 2.49. The number of carbonyl (C=O) groups is 1. The Hall–Kier alpha value is -1.50. The fourth-order valence-corrected chi connectivity index (χ4v) is 3.50. The summed E-state index contributed by atoms with van der Waals surface area (Å²) in [4.78, 5) is 11.4. The number of methoxy groups -OCH3 is 1. The molecule has 0 radical (unpaired) electrons. The SMILES string of the molecule is COC(=O)C(F)(F)CC(I)(c1ccccc1)c1ccccc1. The molecule has 2 aromatic rings. The lowest BCUT2D eigenvalue weighted by Gasteiger charge is -2.31. The fraction of sp³-hybridized carbons (Fsp3) is 0.235. The topological polar surface area (TPSA) is 26.3 Å². The van der Waals surface area contributed by atoms with Crippen LogP contribution in [0.5, 0.6) is 0 Å². The minimum absolute atomic E-state index is 0.665. The summed E-state index contributed by atoms with van der Waals surface area (Å²) in [5.41, 5.74) is 1.43. The maximum absolute atomic E-state index is 14.2. The number of halogens is 3. The van der Waals surface area contributed by atoms with Gasteiger partial charge in [-0.05, 0) is 11.1 Å². The lowest BCUT2D eigenvalue weighted by Crippen LogP contribution is -2.37. The number of hydrogen-bond donors (Lipinski definition) is 0. The average molecular weight is 416 g/mol. The highest BCUT2D eigenvalue weighted by atomic mass is 127. The van der Waals surface area contributed by atoms with Crippen molar-refractivity contribution in [1.29, 1.82) is 0 Å². The van der Waals surface area contributed by atoms with Crippen LogP contribution in [0.4, 0.5) is 8.78 Å². The molecule has 0 aliphatic heterocycles. The minimum Gasteiger partial charge on any atom is -0.465 e.